The molecule has 1 N–H and O–H groups in total. The Morgan fingerprint density at radius 2 is 1.27 bits per heavy atom. The smallest absolute Gasteiger partial charge is 0.414 e. The van der Waals surface area contributed by atoms with Crippen LogP contribution in [0, 0.1) is 0 Å². The number of rotatable bonds is 27. The number of carbonyl (C=O) groups excluding carboxylic acids is 3. The van der Waals surface area contributed by atoms with E-state index in [4.69, 9.17) is 9.47 Å². The maximum Gasteiger partial charge on any atom is 0.414 e. The quantitative estimate of drug-likeness (QED) is 0.0606. The normalized spacial score (nSPS) is 11.5. The molecule has 44 heavy (non-hydrogen) atoms. The SMILES string of the molecule is CCCCCCCCCCCCCC(CC(=O)NC(=O)OCc1ccccc1)OC(=O)CCCCCCCCCC=C(C)C. The topological polar surface area (TPSA) is 81.7 Å². The van der Waals surface area contributed by atoms with Crippen LogP contribution >= 0.6 is 0 Å². The first-order valence-corrected chi connectivity index (χ1v) is 17.7. The third kappa shape index (κ3) is 24.8. The van der Waals surface area contributed by atoms with Gasteiger partial charge in [-0.1, -0.05) is 145 Å². The van der Waals surface area contributed by atoms with Crippen molar-refractivity contribution in [3.8, 4) is 0 Å². The molecule has 0 radical (unpaired) electrons. The standard InChI is InChI=1S/C38H63NO5/c1-4-5-6-7-8-9-10-11-15-18-24-29-35(31-36(40)39-38(42)43-32-34-27-22-20-23-28-34)44-37(41)30-25-19-16-13-12-14-17-21-26-33(2)3/h20,22-23,26-28,35H,4-19,21,24-25,29-32H2,1-3H3,(H,39,40,42). The number of amides is 2. The Balaban J connectivity index is 2.35. The number of ether oxygens (including phenoxy) is 2. The summed E-state index contributed by atoms with van der Waals surface area (Å²) in [5.74, 6) is -0.729. The van der Waals surface area contributed by atoms with Crippen LogP contribution in [-0.2, 0) is 25.7 Å². The Labute approximate surface area is 269 Å². The number of hydrogen-bond donors (Lipinski definition) is 1. The van der Waals surface area contributed by atoms with E-state index in [1.807, 2.05) is 30.3 Å². The highest BCUT2D eigenvalue weighted by atomic mass is 16.6. The van der Waals surface area contributed by atoms with Gasteiger partial charge in [-0.05, 0) is 51.5 Å². The van der Waals surface area contributed by atoms with E-state index >= 15 is 0 Å². The zero-order chi connectivity index (χ0) is 32.1. The summed E-state index contributed by atoms with van der Waals surface area (Å²) in [6, 6.07) is 9.32. The fourth-order valence-electron chi connectivity index (χ4n) is 5.30. The molecule has 0 spiro atoms. The number of unbranched alkanes of at least 4 members (excludes halogenated alkanes) is 17. The number of allylic oxidation sites excluding steroid dienone is 2. The van der Waals surface area contributed by atoms with Crippen molar-refractivity contribution in [3.63, 3.8) is 0 Å². The maximum atomic E-state index is 12.6. The van der Waals surface area contributed by atoms with Crippen molar-refractivity contribution in [2.75, 3.05) is 0 Å². The second-order valence-corrected chi connectivity index (χ2v) is 12.5. The number of benzene rings is 1. The molecule has 1 rings (SSSR count). The molecule has 0 aliphatic carbocycles. The van der Waals surface area contributed by atoms with E-state index in [-0.39, 0.29) is 19.0 Å². The van der Waals surface area contributed by atoms with Gasteiger partial charge in [-0.25, -0.2) is 4.79 Å². The molecular formula is C38H63NO5. The summed E-state index contributed by atoms with van der Waals surface area (Å²) < 4.78 is 10.9. The summed E-state index contributed by atoms with van der Waals surface area (Å²) in [5, 5.41) is 2.29. The van der Waals surface area contributed by atoms with E-state index in [0.717, 1.165) is 44.1 Å². The van der Waals surface area contributed by atoms with Gasteiger partial charge in [0.1, 0.15) is 12.7 Å². The van der Waals surface area contributed by atoms with Gasteiger partial charge in [-0.15, -0.1) is 0 Å². The Hall–Kier alpha value is -2.63. The zero-order valence-corrected chi connectivity index (χ0v) is 28.3. The molecule has 0 saturated heterocycles. The van der Waals surface area contributed by atoms with Crippen molar-refractivity contribution in [3.05, 3.63) is 47.5 Å². The molecule has 0 aliphatic heterocycles. The summed E-state index contributed by atoms with van der Waals surface area (Å²) >= 11 is 0. The fourth-order valence-corrected chi connectivity index (χ4v) is 5.30. The number of alkyl carbamates (subject to hydrolysis) is 1. The van der Waals surface area contributed by atoms with Crippen molar-refractivity contribution in [2.24, 2.45) is 0 Å². The zero-order valence-electron chi connectivity index (χ0n) is 28.3. The van der Waals surface area contributed by atoms with Gasteiger partial charge in [0.05, 0.1) is 6.42 Å². The Morgan fingerprint density at radius 3 is 1.86 bits per heavy atom. The van der Waals surface area contributed by atoms with Crippen LogP contribution in [-0.4, -0.2) is 24.1 Å². The van der Waals surface area contributed by atoms with E-state index in [1.165, 1.54) is 89.0 Å². The largest absolute Gasteiger partial charge is 0.462 e. The van der Waals surface area contributed by atoms with E-state index in [1.54, 1.807) is 0 Å². The lowest BCUT2D eigenvalue weighted by molar-refractivity contribution is -0.150. The lowest BCUT2D eigenvalue weighted by Gasteiger charge is -2.18. The number of imide groups is 1. The molecule has 1 atom stereocenters. The third-order valence-electron chi connectivity index (χ3n) is 7.93. The van der Waals surface area contributed by atoms with E-state index < -0.39 is 18.1 Å². The fraction of sp³-hybridized carbons (Fsp3) is 0.711. The summed E-state index contributed by atoms with van der Waals surface area (Å²) in [4.78, 5) is 37.4. The van der Waals surface area contributed by atoms with Gasteiger partial charge < -0.3 is 9.47 Å². The molecule has 0 bridgehead atoms. The molecule has 0 heterocycles. The first-order valence-electron chi connectivity index (χ1n) is 17.7. The molecule has 1 aromatic rings. The van der Waals surface area contributed by atoms with Crippen molar-refractivity contribution in [1.29, 1.82) is 0 Å². The van der Waals surface area contributed by atoms with Crippen LogP contribution in [0.3, 0.4) is 0 Å². The molecule has 2 amide bonds. The van der Waals surface area contributed by atoms with E-state index in [0.29, 0.717) is 12.8 Å². The average Bonchev–Trinajstić information content (AvgIpc) is 3.00. The third-order valence-corrected chi connectivity index (χ3v) is 7.93. The van der Waals surface area contributed by atoms with E-state index in [9.17, 15) is 14.4 Å². The molecule has 1 aromatic carbocycles. The second kappa shape index (κ2) is 27.9. The molecule has 0 aromatic heterocycles. The monoisotopic (exact) mass is 613 g/mol. The Morgan fingerprint density at radius 1 is 0.727 bits per heavy atom. The van der Waals surface area contributed by atoms with Crippen molar-refractivity contribution < 1.29 is 23.9 Å². The summed E-state index contributed by atoms with van der Waals surface area (Å²) in [7, 11) is 0. The molecule has 0 fully saturated rings. The predicted octanol–water partition coefficient (Wildman–Crippen LogP) is 10.9. The van der Waals surface area contributed by atoms with Gasteiger partial charge >= 0.3 is 12.1 Å². The van der Waals surface area contributed by atoms with Gasteiger partial charge in [-0.3, -0.25) is 14.9 Å². The summed E-state index contributed by atoms with van der Waals surface area (Å²) in [6.45, 7) is 6.62. The number of carbonyl (C=O) groups is 3. The van der Waals surface area contributed by atoms with Gasteiger partial charge in [0.15, 0.2) is 0 Å². The number of esters is 1. The van der Waals surface area contributed by atoms with Crippen LogP contribution in [0.25, 0.3) is 0 Å². The molecule has 6 heteroatoms. The minimum Gasteiger partial charge on any atom is -0.462 e. The first kappa shape index (κ1) is 39.4. The van der Waals surface area contributed by atoms with Crippen LogP contribution in [0.5, 0.6) is 0 Å². The molecule has 1 unspecified atom stereocenters. The van der Waals surface area contributed by atoms with Gasteiger partial charge in [-0.2, -0.15) is 0 Å². The first-order chi connectivity index (χ1) is 21.4. The summed E-state index contributed by atoms with van der Waals surface area (Å²) in [6.07, 6.45) is 24.6. The van der Waals surface area contributed by atoms with Crippen LogP contribution in [0.2, 0.25) is 0 Å². The highest BCUT2D eigenvalue weighted by Crippen LogP contribution is 2.17. The Bertz CT molecular complexity index is 894. The van der Waals surface area contributed by atoms with Crippen molar-refractivity contribution in [1.82, 2.24) is 5.32 Å². The van der Waals surface area contributed by atoms with Gasteiger partial charge in [0.2, 0.25) is 5.91 Å². The molecule has 0 saturated carbocycles. The molecule has 6 nitrogen and oxygen atoms in total. The molecule has 0 aliphatic rings. The van der Waals surface area contributed by atoms with Crippen LogP contribution < -0.4 is 5.32 Å². The average molecular weight is 614 g/mol. The summed E-state index contributed by atoms with van der Waals surface area (Å²) in [5.41, 5.74) is 2.23. The van der Waals surface area contributed by atoms with Crippen molar-refractivity contribution >= 4 is 18.0 Å². The maximum absolute atomic E-state index is 12.6. The molecule has 250 valence electrons. The van der Waals surface area contributed by atoms with Crippen LogP contribution in [0.15, 0.2) is 42.0 Å². The lowest BCUT2D eigenvalue weighted by Crippen LogP contribution is -2.34. The molecular weight excluding hydrogens is 550 g/mol. The van der Waals surface area contributed by atoms with Crippen LogP contribution in [0.4, 0.5) is 4.79 Å². The predicted molar refractivity (Wildman–Crippen MR) is 181 cm³/mol. The minimum atomic E-state index is -0.782. The highest BCUT2D eigenvalue weighted by Gasteiger charge is 2.20. The van der Waals surface area contributed by atoms with Crippen molar-refractivity contribution in [2.45, 2.75) is 175 Å². The highest BCUT2D eigenvalue weighted by molar-refractivity contribution is 5.92. The number of nitrogens with one attached hydrogen (secondary N) is 1. The minimum absolute atomic E-state index is 0.0311. The van der Waals surface area contributed by atoms with E-state index in [2.05, 4.69) is 32.2 Å². The number of hydrogen-bond acceptors (Lipinski definition) is 5. The Kier molecular flexibility index (Phi) is 25.0. The van der Waals surface area contributed by atoms with Crippen LogP contribution in [0.1, 0.15) is 168 Å². The van der Waals surface area contributed by atoms with Gasteiger partial charge in [0, 0.05) is 6.42 Å². The lowest BCUT2D eigenvalue weighted by atomic mass is 10.0. The second-order valence-electron chi connectivity index (χ2n) is 12.5. The van der Waals surface area contributed by atoms with Gasteiger partial charge in [0.25, 0.3) is 0 Å².